The van der Waals surface area contributed by atoms with E-state index in [4.69, 9.17) is 9.78 Å². The zero-order valence-corrected chi connectivity index (χ0v) is 19.8. The lowest BCUT2D eigenvalue weighted by Crippen LogP contribution is -2.37. The molecule has 0 spiro atoms. The molecule has 3 aliphatic carbocycles. The maximum atomic E-state index is 10.2. The molecule has 30 heavy (non-hydrogen) atoms. The lowest BCUT2D eigenvalue weighted by molar-refractivity contribution is -0.310. The number of aliphatic hydroxyl groups is 1. The van der Waals surface area contributed by atoms with E-state index in [9.17, 15) is 5.11 Å². The predicted octanol–water partition coefficient (Wildman–Crippen LogP) is 6.76. The first-order valence-electron chi connectivity index (χ1n) is 12.8. The number of fused-ring (bicyclic) bond motifs is 1. The van der Waals surface area contributed by atoms with Crippen molar-refractivity contribution < 1.29 is 14.9 Å². The minimum Gasteiger partial charge on any atom is -0.393 e. The summed E-state index contributed by atoms with van der Waals surface area (Å²) in [7, 11) is 0. The topological polar surface area (TPSA) is 38.7 Å². The van der Waals surface area contributed by atoms with Crippen molar-refractivity contribution in [3.63, 3.8) is 0 Å². The highest BCUT2D eigenvalue weighted by atomic mass is 17.2. The van der Waals surface area contributed by atoms with Gasteiger partial charge in [-0.15, -0.1) is 0 Å². The van der Waals surface area contributed by atoms with E-state index in [-0.39, 0.29) is 12.2 Å². The van der Waals surface area contributed by atoms with Gasteiger partial charge in [-0.2, -0.15) is 0 Å². The van der Waals surface area contributed by atoms with E-state index in [1.54, 1.807) is 5.57 Å². The second-order valence-corrected chi connectivity index (χ2v) is 11.4. The standard InChI is InChI=1S/C27H44O3/c1-18(2)7-5-8-19(3)24-12-13-25-20(9-6-14-27(24,25)4)15-26-23-16-22(28)11-10-21(23)17-29-30-26/h15,18-19,22,24-26,28H,5-14,16-17H2,1-4H3/b20-15+/t19-,22+,24-,25+,26+,27-/m1/s1. The van der Waals surface area contributed by atoms with Crippen LogP contribution in [-0.2, 0) is 9.78 Å². The van der Waals surface area contributed by atoms with Crippen molar-refractivity contribution in [1.82, 2.24) is 0 Å². The second kappa shape index (κ2) is 9.46. The molecule has 0 bridgehead atoms. The van der Waals surface area contributed by atoms with Crippen molar-refractivity contribution in [2.24, 2.45) is 29.1 Å². The molecule has 6 atom stereocenters. The number of hydrogen-bond donors (Lipinski definition) is 1. The Balaban J connectivity index is 1.49. The molecule has 1 heterocycles. The molecule has 3 nitrogen and oxygen atoms in total. The lowest BCUT2D eigenvalue weighted by Gasteiger charge is -2.45. The summed E-state index contributed by atoms with van der Waals surface area (Å²) in [6.07, 6.45) is 15.4. The zero-order valence-electron chi connectivity index (χ0n) is 19.8. The molecule has 4 rings (SSSR count). The van der Waals surface area contributed by atoms with E-state index in [0.717, 1.165) is 37.0 Å². The summed E-state index contributed by atoms with van der Waals surface area (Å²) in [6, 6.07) is 0. The summed E-state index contributed by atoms with van der Waals surface area (Å²) >= 11 is 0. The third-order valence-corrected chi connectivity index (χ3v) is 8.97. The number of aliphatic hydroxyl groups excluding tert-OH is 1. The van der Waals surface area contributed by atoms with Crippen LogP contribution in [0.4, 0.5) is 0 Å². The fraction of sp³-hybridized carbons (Fsp3) is 0.852. The van der Waals surface area contributed by atoms with Crippen molar-refractivity contribution in [3.8, 4) is 0 Å². The molecule has 170 valence electrons. The van der Waals surface area contributed by atoms with Crippen molar-refractivity contribution >= 4 is 0 Å². The molecule has 0 amide bonds. The Labute approximate surface area is 184 Å². The van der Waals surface area contributed by atoms with Gasteiger partial charge in [0.05, 0.1) is 6.10 Å². The molecule has 1 N–H and O–H groups in total. The summed E-state index contributed by atoms with van der Waals surface area (Å²) in [5.41, 5.74) is 4.73. The Morgan fingerprint density at radius 2 is 1.97 bits per heavy atom. The Kier molecular flexibility index (Phi) is 7.11. The van der Waals surface area contributed by atoms with Gasteiger partial charge in [0, 0.05) is 0 Å². The van der Waals surface area contributed by atoms with Gasteiger partial charge >= 0.3 is 0 Å². The summed E-state index contributed by atoms with van der Waals surface area (Å²) in [5, 5.41) is 10.2. The molecule has 3 heteroatoms. The van der Waals surface area contributed by atoms with Gasteiger partial charge in [0.1, 0.15) is 12.7 Å². The van der Waals surface area contributed by atoms with Gasteiger partial charge in [-0.1, -0.05) is 52.5 Å². The summed E-state index contributed by atoms with van der Waals surface area (Å²) in [5.74, 6) is 3.21. The molecular formula is C27H44O3. The summed E-state index contributed by atoms with van der Waals surface area (Å²) < 4.78 is 0. The monoisotopic (exact) mass is 416 g/mol. The van der Waals surface area contributed by atoms with Crippen molar-refractivity contribution in [1.29, 1.82) is 0 Å². The van der Waals surface area contributed by atoms with E-state index in [2.05, 4.69) is 33.8 Å². The molecule has 0 aromatic carbocycles. The minimum absolute atomic E-state index is 0.0800. The van der Waals surface area contributed by atoms with Gasteiger partial charge in [0.25, 0.3) is 0 Å². The molecule has 0 radical (unpaired) electrons. The zero-order chi connectivity index (χ0) is 21.3. The van der Waals surface area contributed by atoms with Crippen LogP contribution < -0.4 is 0 Å². The minimum atomic E-state index is -0.217. The Hall–Kier alpha value is -0.640. The fourth-order valence-electron chi connectivity index (χ4n) is 7.31. The van der Waals surface area contributed by atoms with E-state index in [1.165, 1.54) is 62.5 Å². The van der Waals surface area contributed by atoms with Crippen LogP contribution in [0.1, 0.15) is 98.3 Å². The molecule has 2 saturated carbocycles. The Morgan fingerprint density at radius 3 is 2.77 bits per heavy atom. The molecule has 0 unspecified atom stereocenters. The van der Waals surface area contributed by atoms with E-state index >= 15 is 0 Å². The Bertz CT molecular complexity index is 663. The first-order valence-corrected chi connectivity index (χ1v) is 12.8. The average molecular weight is 417 g/mol. The van der Waals surface area contributed by atoms with Gasteiger partial charge in [0.2, 0.25) is 0 Å². The van der Waals surface area contributed by atoms with E-state index in [1.807, 2.05) is 0 Å². The first-order chi connectivity index (χ1) is 14.4. The summed E-state index contributed by atoms with van der Waals surface area (Å²) in [4.78, 5) is 11.3. The fourth-order valence-corrected chi connectivity index (χ4v) is 7.31. The van der Waals surface area contributed by atoms with Crippen LogP contribution in [0.25, 0.3) is 0 Å². The lowest BCUT2D eigenvalue weighted by atomic mass is 9.60. The average Bonchev–Trinajstić information content (AvgIpc) is 3.06. The molecule has 2 fully saturated rings. The van der Waals surface area contributed by atoms with Gasteiger partial charge in [0.15, 0.2) is 0 Å². The number of rotatable bonds is 6. The number of hydrogen-bond acceptors (Lipinski definition) is 3. The molecule has 0 saturated heterocycles. The highest BCUT2D eigenvalue weighted by Gasteiger charge is 2.50. The largest absolute Gasteiger partial charge is 0.393 e. The first kappa shape index (κ1) is 22.6. The Morgan fingerprint density at radius 1 is 1.13 bits per heavy atom. The molecule has 4 aliphatic rings. The number of allylic oxidation sites excluding steroid dienone is 1. The smallest absolute Gasteiger partial charge is 0.133 e. The highest BCUT2D eigenvalue weighted by molar-refractivity contribution is 5.31. The molecule has 1 aliphatic heterocycles. The predicted molar refractivity (Wildman–Crippen MR) is 122 cm³/mol. The quantitative estimate of drug-likeness (QED) is 0.384. The molecular weight excluding hydrogens is 372 g/mol. The normalized spacial score (nSPS) is 39.3. The van der Waals surface area contributed by atoms with Crippen LogP contribution in [0.5, 0.6) is 0 Å². The molecule has 0 aromatic heterocycles. The van der Waals surface area contributed by atoms with Crippen LogP contribution >= 0.6 is 0 Å². The van der Waals surface area contributed by atoms with Crippen LogP contribution in [-0.4, -0.2) is 23.9 Å². The van der Waals surface area contributed by atoms with Crippen molar-refractivity contribution in [2.75, 3.05) is 6.61 Å². The molecule has 0 aromatic rings. The van der Waals surface area contributed by atoms with Crippen LogP contribution in [0.2, 0.25) is 0 Å². The third-order valence-electron chi connectivity index (χ3n) is 8.97. The SMILES string of the molecule is CC(C)CCC[C@@H](C)[C@H]1CC[C@H]2/C(=C/[C@@H]3OOCC4=C3C[C@@H](O)CC4)CCC[C@]12C. The van der Waals surface area contributed by atoms with Crippen molar-refractivity contribution in [3.05, 3.63) is 22.8 Å². The summed E-state index contributed by atoms with van der Waals surface area (Å²) in [6.45, 7) is 10.4. The second-order valence-electron chi connectivity index (χ2n) is 11.4. The van der Waals surface area contributed by atoms with Crippen LogP contribution in [0.3, 0.4) is 0 Å². The maximum absolute atomic E-state index is 10.2. The van der Waals surface area contributed by atoms with Crippen LogP contribution in [0.15, 0.2) is 22.8 Å². The third kappa shape index (κ3) is 4.59. The van der Waals surface area contributed by atoms with Crippen molar-refractivity contribution in [2.45, 2.75) is 111 Å². The highest BCUT2D eigenvalue weighted by Crippen LogP contribution is 2.60. The van der Waals surface area contributed by atoms with E-state index in [0.29, 0.717) is 17.9 Å². The van der Waals surface area contributed by atoms with Gasteiger partial charge in [-0.25, -0.2) is 9.78 Å². The maximum Gasteiger partial charge on any atom is 0.133 e. The van der Waals surface area contributed by atoms with Gasteiger partial charge in [-0.3, -0.25) is 0 Å². The van der Waals surface area contributed by atoms with Crippen LogP contribution in [0, 0.1) is 29.1 Å². The van der Waals surface area contributed by atoms with E-state index < -0.39 is 0 Å². The van der Waals surface area contributed by atoms with Gasteiger partial charge in [-0.05, 0) is 97.7 Å². The van der Waals surface area contributed by atoms with Gasteiger partial charge < -0.3 is 5.11 Å².